The van der Waals surface area contributed by atoms with E-state index >= 15 is 0 Å². The number of piperidine rings is 1. The van der Waals surface area contributed by atoms with Crippen LogP contribution in [0.25, 0.3) is 0 Å². The molecule has 0 N–H and O–H groups in total. The highest BCUT2D eigenvalue weighted by atomic mass is 16.5. The van der Waals surface area contributed by atoms with E-state index in [-0.39, 0.29) is 5.91 Å². The van der Waals surface area contributed by atoms with Crippen molar-refractivity contribution in [3.63, 3.8) is 0 Å². The smallest absolute Gasteiger partial charge is 0.263 e. The summed E-state index contributed by atoms with van der Waals surface area (Å²) in [5.74, 6) is 1.35. The van der Waals surface area contributed by atoms with E-state index in [4.69, 9.17) is 4.74 Å². The Morgan fingerprint density at radius 3 is 2.43 bits per heavy atom. The van der Waals surface area contributed by atoms with E-state index in [1.165, 1.54) is 12.0 Å². The Morgan fingerprint density at radius 1 is 1.14 bits per heavy atom. The molecule has 1 heterocycles. The fourth-order valence-electron chi connectivity index (χ4n) is 2.83. The molecule has 0 aliphatic carbocycles. The Hall–Kier alpha value is -1.51. The Labute approximate surface area is 128 Å². The molecule has 1 aromatic rings. The summed E-state index contributed by atoms with van der Waals surface area (Å²) in [6.45, 7) is 9.95. The standard InChI is InChI=1S/C18H27NO2/c1-13(2)16-9-8-14(3)12-17(16)21-15(4)18(20)19-10-6-5-7-11-19/h8-9,12-13,15H,5-7,10-11H2,1-4H3/t15-/m1/s1. The van der Waals surface area contributed by atoms with Crippen LogP contribution >= 0.6 is 0 Å². The van der Waals surface area contributed by atoms with Crippen molar-refractivity contribution < 1.29 is 9.53 Å². The predicted octanol–water partition coefficient (Wildman–Crippen LogP) is 3.90. The van der Waals surface area contributed by atoms with Gasteiger partial charge in [0.15, 0.2) is 6.10 Å². The molecule has 1 amide bonds. The third-order valence-electron chi connectivity index (χ3n) is 4.11. The number of nitrogens with zero attached hydrogens (tertiary/aromatic N) is 1. The van der Waals surface area contributed by atoms with Crippen molar-refractivity contribution in [3.8, 4) is 5.75 Å². The number of hydrogen-bond acceptors (Lipinski definition) is 2. The summed E-state index contributed by atoms with van der Waals surface area (Å²) < 4.78 is 6.01. The summed E-state index contributed by atoms with van der Waals surface area (Å²) in [6, 6.07) is 6.24. The zero-order valence-corrected chi connectivity index (χ0v) is 13.7. The molecule has 116 valence electrons. The van der Waals surface area contributed by atoms with Gasteiger partial charge in [-0.2, -0.15) is 0 Å². The van der Waals surface area contributed by atoms with Crippen LogP contribution in [0.15, 0.2) is 18.2 Å². The van der Waals surface area contributed by atoms with Gasteiger partial charge in [-0.25, -0.2) is 0 Å². The molecule has 1 atom stereocenters. The first-order chi connectivity index (χ1) is 9.99. The lowest BCUT2D eigenvalue weighted by molar-refractivity contribution is -0.138. The zero-order valence-electron chi connectivity index (χ0n) is 13.7. The van der Waals surface area contributed by atoms with Gasteiger partial charge in [-0.3, -0.25) is 4.79 Å². The first-order valence-electron chi connectivity index (χ1n) is 8.05. The molecule has 0 bridgehead atoms. The molecule has 21 heavy (non-hydrogen) atoms. The van der Waals surface area contributed by atoms with Crippen LogP contribution in [0.2, 0.25) is 0 Å². The topological polar surface area (TPSA) is 29.5 Å². The van der Waals surface area contributed by atoms with Gasteiger partial charge in [0, 0.05) is 13.1 Å². The van der Waals surface area contributed by atoms with Crippen LogP contribution in [0.3, 0.4) is 0 Å². The summed E-state index contributed by atoms with van der Waals surface area (Å²) in [6.07, 6.45) is 3.04. The number of carbonyl (C=O) groups excluding carboxylic acids is 1. The molecular weight excluding hydrogens is 262 g/mol. The molecule has 1 aliphatic rings. The van der Waals surface area contributed by atoms with E-state index in [1.807, 2.05) is 24.8 Å². The summed E-state index contributed by atoms with van der Waals surface area (Å²) in [7, 11) is 0. The minimum Gasteiger partial charge on any atom is -0.481 e. The maximum atomic E-state index is 12.5. The number of benzene rings is 1. The third-order valence-corrected chi connectivity index (χ3v) is 4.11. The number of amides is 1. The summed E-state index contributed by atoms with van der Waals surface area (Å²) in [5, 5.41) is 0. The molecule has 0 saturated carbocycles. The minimum absolute atomic E-state index is 0.117. The van der Waals surface area contributed by atoms with Crippen molar-refractivity contribution in [1.82, 2.24) is 4.90 Å². The van der Waals surface area contributed by atoms with Crippen LogP contribution in [0.4, 0.5) is 0 Å². The number of hydrogen-bond donors (Lipinski definition) is 0. The molecular formula is C18H27NO2. The Bertz CT molecular complexity index is 490. The number of carbonyl (C=O) groups is 1. The van der Waals surface area contributed by atoms with Crippen LogP contribution in [0.5, 0.6) is 5.75 Å². The summed E-state index contributed by atoms with van der Waals surface area (Å²) >= 11 is 0. The number of rotatable bonds is 4. The van der Waals surface area contributed by atoms with Crippen molar-refractivity contribution in [2.75, 3.05) is 13.1 Å². The van der Waals surface area contributed by atoms with Crippen LogP contribution in [0, 0.1) is 6.92 Å². The first-order valence-corrected chi connectivity index (χ1v) is 8.05. The van der Waals surface area contributed by atoms with Gasteiger partial charge in [0.2, 0.25) is 0 Å². The lowest BCUT2D eigenvalue weighted by Crippen LogP contribution is -2.43. The van der Waals surface area contributed by atoms with Crippen LogP contribution in [0.1, 0.15) is 57.1 Å². The molecule has 0 aromatic heterocycles. The van der Waals surface area contributed by atoms with Gasteiger partial charge in [-0.15, -0.1) is 0 Å². The van der Waals surface area contributed by atoms with E-state index in [9.17, 15) is 4.79 Å². The van der Waals surface area contributed by atoms with Gasteiger partial charge in [-0.05, 0) is 56.2 Å². The van der Waals surface area contributed by atoms with Crippen molar-refractivity contribution in [3.05, 3.63) is 29.3 Å². The quantitative estimate of drug-likeness (QED) is 0.841. The number of ether oxygens (including phenoxy) is 1. The molecule has 0 unspecified atom stereocenters. The molecule has 0 spiro atoms. The third kappa shape index (κ3) is 3.99. The fraction of sp³-hybridized carbons (Fsp3) is 0.611. The second kappa shape index (κ2) is 6.97. The molecule has 3 heteroatoms. The predicted molar refractivity (Wildman–Crippen MR) is 85.8 cm³/mol. The lowest BCUT2D eigenvalue weighted by atomic mass is 10.0. The number of aryl methyl sites for hydroxylation is 1. The molecule has 1 fully saturated rings. The largest absolute Gasteiger partial charge is 0.481 e. The van der Waals surface area contributed by atoms with Gasteiger partial charge in [0.25, 0.3) is 5.91 Å². The normalized spacial score (nSPS) is 16.9. The molecule has 0 radical (unpaired) electrons. The van der Waals surface area contributed by atoms with Crippen molar-refractivity contribution in [1.29, 1.82) is 0 Å². The minimum atomic E-state index is -0.414. The molecule has 2 rings (SSSR count). The second-order valence-corrected chi connectivity index (χ2v) is 6.34. The van der Waals surface area contributed by atoms with E-state index in [1.54, 1.807) is 0 Å². The Morgan fingerprint density at radius 2 is 1.81 bits per heavy atom. The molecule has 1 saturated heterocycles. The van der Waals surface area contributed by atoms with E-state index in [0.29, 0.717) is 5.92 Å². The van der Waals surface area contributed by atoms with E-state index in [0.717, 1.165) is 37.2 Å². The van der Waals surface area contributed by atoms with Crippen molar-refractivity contribution in [2.24, 2.45) is 0 Å². The SMILES string of the molecule is Cc1ccc(C(C)C)c(O[C@H](C)C(=O)N2CCCCC2)c1. The van der Waals surface area contributed by atoms with Crippen molar-refractivity contribution in [2.45, 2.75) is 59.0 Å². The highest BCUT2D eigenvalue weighted by molar-refractivity contribution is 5.81. The maximum absolute atomic E-state index is 12.5. The fourth-order valence-corrected chi connectivity index (χ4v) is 2.83. The highest BCUT2D eigenvalue weighted by Crippen LogP contribution is 2.28. The van der Waals surface area contributed by atoms with E-state index < -0.39 is 6.10 Å². The van der Waals surface area contributed by atoms with Crippen LogP contribution in [-0.2, 0) is 4.79 Å². The first kappa shape index (κ1) is 15.9. The number of likely N-dealkylation sites (tertiary alicyclic amines) is 1. The van der Waals surface area contributed by atoms with Gasteiger partial charge in [0.1, 0.15) is 5.75 Å². The summed E-state index contributed by atoms with van der Waals surface area (Å²) in [4.78, 5) is 14.4. The average molecular weight is 289 g/mol. The zero-order chi connectivity index (χ0) is 15.4. The molecule has 1 aromatic carbocycles. The maximum Gasteiger partial charge on any atom is 0.263 e. The lowest BCUT2D eigenvalue weighted by Gasteiger charge is -2.29. The monoisotopic (exact) mass is 289 g/mol. The average Bonchev–Trinajstić information content (AvgIpc) is 2.47. The van der Waals surface area contributed by atoms with Crippen LogP contribution in [-0.4, -0.2) is 30.0 Å². The summed E-state index contributed by atoms with van der Waals surface area (Å²) in [5.41, 5.74) is 2.32. The van der Waals surface area contributed by atoms with Gasteiger partial charge in [-0.1, -0.05) is 26.0 Å². The second-order valence-electron chi connectivity index (χ2n) is 6.34. The Kier molecular flexibility index (Phi) is 5.27. The van der Waals surface area contributed by atoms with Crippen molar-refractivity contribution >= 4 is 5.91 Å². The highest BCUT2D eigenvalue weighted by Gasteiger charge is 2.24. The van der Waals surface area contributed by atoms with Crippen LogP contribution < -0.4 is 4.74 Å². The Balaban J connectivity index is 2.09. The molecule has 1 aliphatic heterocycles. The van der Waals surface area contributed by atoms with Gasteiger partial charge in [0.05, 0.1) is 0 Å². The molecule has 3 nitrogen and oxygen atoms in total. The van der Waals surface area contributed by atoms with E-state index in [2.05, 4.69) is 26.0 Å². The van der Waals surface area contributed by atoms with Gasteiger partial charge >= 0.3 is 0 Å². The van der Waals surface area contributed by atoms with Gasteiger partial charge < -0.3 is 9.64 Å².